The summed E-state index contributed by atoms with van der Waals surface area (Å²) in [5.41, 5.74) is 1.02. The molecule has 1 heterocycles. The lowest BCUT2D eigenvalue weighted by atomic mass is 9.94. The van der Waals surface area contributed by atoms with Crippen molar-refractivity contribution >= 4 is 11.6 Å². The van der Waals surface area contributed by atoms with Crippen LogP contribution >= 0.6 is 11.6 Å². The van der Waals surface area contributed by atoms with Gasteiger partial charge in [-0.05, 0) is 31.5 Å². The van der Waals surface area contributed by atoms with Gasteiger partial charge in [-0.25, -0.2) is 0 Å². The molecule has 0 unspecified atom stereocenters. The third kappa shape index (κ3) is 3.65. The Labute approximate surface area is 108 Å². The highest BCUT2D eigenvalue weighted by atomic mass is 35.5. The molecule has 0 radical (unpaired) electrons. The Kier molecular flexibility index (Phi) is 4.75. The Morgan fingerprint density at radius 2 is 2.00 bits per heavy atom. The lowest BCUT2D eigenvalue weighted by Gasteiger charge is -2.33. The van der Waals surface area contributed by atoms with Crippen LogP contribution in [0.2, 0.25) is 5.15 Å². The molecule has 0 atom stereocenters. The predicted molar refractivity (Wildman–Crippen MR) is 70.0 cm³/mol. The van der Waals surface area contributed by atoms with Gasteiger partial charge in [-0.15, -0.1) is 5.10 Å². The highest BCUT2D eigenvalue weighted by molar-refractivity contribution is 6.29. The zero-order valence-electron chi connectivity index (χ0n) is 10.4. The van der Waals surface area contributed by atoms with Crippen LogP contribution < -0.4 is 0 Å². The molecule has 1 saturated carbocycles. The molecule has 0 spiro atoms. The van der Waals surface area contributed by atoms with Gasteiger partial charge in [0.1, 0.15) is 0 Å². The first-order valence-corrected chi connectivity index (χ1v) is 6.89. The van der Waals surface area contributed by atoms with Crippen LogP contribution in [0.4, 0.5) is 0 Å². The molecular formula is C13H20ClN3. The van der Waals surface area contributed by atoms with Crippen LogP contribution in [-0.2, 0) is 6.54 Å². The number of aromatic nitrogens is 2. The van der Waals surface area contributed by atoms with Crippen molar-refractivity contribution in [1.82, 2.24) is 15.1 Å². The minimum Gasteiger partial charge on any atom is -0.295 e. The van der Waals surface area contributed by atoms with Gasteiger partial charge >= 0.3 is 0 Å². The van der Waals surface area contributed by atoms with Crippen LogP contribution in [0.25, 0.3) is 0 Å². The quantitative estimate of drug-likeness (QED) is 0.825. The monoisotopic (exact) mass is 253 g/mol. The van der Waals surface area contributed by atoms with Gasteiger partial charge < -0.3 is 0 Å². The smallest absolute Gasteiger partial charge is 0.151 e. The fourth-order valence-electron chi connectivity index (χ4n) is 2.58. The average Bonchev–Trinajstić information content (AvgIpc) is 2.39. The minimum atomic E-state index is 0.467. The second kappa shape index (κ2) is 6.31. The van der Waals surface area contributed by atoms with Gasteiger partial charge in [-0.1, -0.05) is 37.8 Å². The number of hydrogen-bond donors (Lipinski definition) is 0. The van der Waals surface area contributed by atoms with Crippen molar-refractivity contribution in [2.45, 2.75) is 51.6 Å². The largest absolute Gasteiger partial charge is 0.295 e. The molecule has 3 nitrogen and oxygen atoms in total. The Balaban J connectivity index is 1.96. The standard InChI is InChI=1S/C13H20ClN3/c1-2-17(12-6-4-3-5-7-12)10-11-8-9-13(14)16-15-11/h8-9,12H,2-7,10H2,1H3. The van der Waals surface area contributed by atoms with Crippen LogP contribution in [0.15, 0.2) is 12.1 Å². The van der Waals surface area contributed by atoms with E-state index >= 15 is 0 Å². The topological polar surface area (TPSA) is 29.0 Å². The van der Waals surface area contributed by atoms with Gasteiger partial charge in [0, 0.05) is 12.6 Å². The van der Waals surface area contributed by atoms with E-state index in [0.717, 1.165) is 24.8 Å². The predicted octanol–water partition coefficient (Wildman–Crippen LogP) is 3.28. The van der Waals surface area contributed by atoms with Gasteiger partial charge in [-0.3, -0.25) is 4.90 Å². The summed E-state index contributed by atoms with van der Waals surface area (Å²) in [5.74, 6) is 0. The summed E-state index contributed by atoms with van der Waals surface area (Å²) in [4.78, 5) is 2.51. The van der Waals surface area contributed by atoms with Crippen molar-refractivity contribution < 1.29 is 0 Å². The minimum absolute atomic E-state index is 0.467. The van der Waals surface area contributed by atoms with E-state index in [1.165, 1.54) is 32.1 Å². The molecule has 0 aromatic carbocycles. The second-order valence-corrected chi connectivity index (χ2v) is 5.09. The van der Waals surface area contributed by atoms with Gasteiger partial charge in [0.25, 0.3) is 0 Å². The first kappa shape index (κ1) is 12.8. The number of rotatable bonds is 4. The molecular weight excluding hydrogens is 234 g/mol. The van der Waals surface area contributed by atoms with Crippen molar-refractivity contribution in [2.24, 2.45) is 0 Å². The van der Waals surface area contributed by atoms with Gasteiger partial charge in [-0.2, -0.15) is 5.10 Å². The van der Waals surface area contributed by atoms with Crippen molar-refractivity contribution in [3.63, 3.8) is 0 Å². The Morgan fingerprint density at radius 1 is 1.24 bits per heavy atom. The van der Waals surface area contributed by atoms with Crippen LogP contribution in [0, 0.1) is 0 Å². The van der Waals surface area contributed by atoms with E-state index in [4.69, 9.17) is 11.6 Å². The van der Waals surface area contributed by atoms with Crippen molar-refractivity contribution in [3.8, 4) is 0 Å². The van der Waals surface area contributed by atoms with E-state index < -0.39 is 0 Å². The Hall–Kier alpha value is -0.670. The van der Waals surface area contributed by atoms with Gasteiger partial charge in [0.15, 0.2) is 5.15 Å². The highest BCUT2D eigenvalue weighted by Gasteiger charge is 2.20. The third-order valence-corrected chi connectivity index (χ3v) is 3.75. The number of nitrogens with zero attached hydrogens (tertiary/aromatic N) is 3. The maximum Gasteiger partial charge on any atom is 0.151 e. The lowest BCUT2D eigenvalue weighted by molar-refractivity contribution is 0.154. The lowest BCUT2D eigenvalue weighted by Crippen LogP contribution is -2.36. The van der Waals surface area contributed by atoms with Crippen LogP contribution in [0.1, 0.15) is 44.7 Å². The van der Waals surface area contributed by atoms with E-state index in [1.807, 2.05) is 12.1 Å². The maximum absolute atomic E-state index is 5.74. The van der Waals surface area contributed by atoms with Gasteiger partial charge in [0.05, 0.1) is 5.69 Å². The van der Waals surface area contributed by atoms with Gasteiger partial charge in [0.2, 0.25) is 0 Å². The molecule has 0 aliphatic heterocycles. The normalized spacial score (nSPS) is 17.6. The third-order valence-electron chi connectivity index (χ3n) is 3.55. The van der Waals surface area contributed by atoms with E-state index in [0.29, 0.717) is 5.15 Å². The molecule has 0 amide bonds. The number of hydrogen-bond acceptors (Lipinski definition) is 3. The molecule has 1 aromatic rings. The van der Waals surface area contributed by atoms with Crippen molar-refractivity contribution in [3.05, 3.63) is 23.0 Å². The van der Waals surface area contributed by atoms with E-state index in [1.54, 1.807) is 0 Å². The summed E-state index contributed by atoms with van der Waals surface area (Å²) in [7, 11) is 0. The summed E-state index contributed by atoms with van der Waals surface area (Å²) in [6.07, 6.45) is 6.79. The average molecular weight is 254 g/mol. The number of halogens is 1. The first-order chi connectivity index (χ1) is 8.29. The molecule has 0 bridgehead atoms. The molecule has 0 N–H and O–H groups in total. The molecule has 2 rings (SSSR count). The summed E-state index contributed by atoms with van der Waals surface area (Å²) in [5, 5.41) is 8.50. The second-order valence-electron chi connectivity index (χ2n) is 4.70. The van der Waals surface area contributed by atoms with Crippen LogP contribution in [-0.4, -0.2) is 27.7 Å². The molecule has 1 aliphatic rings. The molecule has 4 heteroatoms. The fourth-order valence-corrected chi connectivity index (χ4v) is 2.68. The van der Waals surface area contributed by atoms with E-state index in [-0.39, 0.29) is 0 Å². The Morgan fingerprint density at radius 3 is 2.59 bits per heavy atom. The zero-order valence-corrected chi connectivity index (χ0v) is 11.2. The molecule has 1 fully saturated rings. The molecule has 17 heavy (non-hydrogen) atoms. The summed E-state index contributed by atoms with van der Waals surface area (Å²) in [6.45, 7) is 4.19. The summed E-state index contributed by atoms with van der Waals surface area (Å²) >= 11 is 5.74. The van der Waals surface area contributed by atoms with Crippen LogP contribution in [0.3, 0.4) is 0 Å². The fraction of sp³-hybridized carbons (Fsp3) is 0.692. The van der Waals surface area contributed by atoms with E-state index in [2.05, 4.69) is 22.0 Å². The molecule has 1 aliphatic carbocycles. The summed E-state index contributed by atoms with van der Waals surface area (Å²) < 4.78 is 0. The highest BCUT2D eigenvalue weighted by Crippen LogP contribution is 2.23. The van der Waals surface area contributed by atoms with Crippen molar-refractivity contribution in [2.75, 3.05) is 6.54 Å². The zero-order chi connectivity index (χ0) is 12.1. The molecule has 1 aromatic heterocycles. The SMILES string of the molecule is CCN(Cc1ccc(Cl)nn1)C1CCCCC1. The summed E-state index contributed by atoms with van der Waals surface area (Å²) in [6, 6.07) is 4.52. The Bertz CT molecular complexity index is 333. The maximum atomic E-state index is 5.74. The molecule has 0 saturated heterocycles. The molecule has 94 valence electrons. The van der Waals surface area contributed by atoms with Crippen LogP contribution in [0.5, 0.6) is 0 Å². The van der Waals surface area contributed by atoms with Crippen molar-refractivity contribution in [1.29, 1.82) is 0 Å². The first-order valence-electron chi connectivity index (χ1n) is 6.51. The van der Waals surface area contributed by atoms with E-state index in [9.17, 15) is 0 Å².